The molecule has 7 nitrogen and oxygen atoms in total. The van der Waals surface area contributed by atoms with E-state index in [9.17, 15) is 4.79 Å². The molecule has 2 heterocycles. The van der Waals surface area contributed by atoms with E-state index in [1.165, 1.54) is 11.8 Å². The Morgan fingerprint density at radius 1 is 1.27 bits per heavy atom. The van der Waals surface area contributed by atoms with Crippen LogP contribution in [0.5, 0.6) is 0 Å². The molecule has 0 aliphatic carbocycles. The monoisotopic (exact) mass is 319 g/mol. The van der Waals surface area contributed by atoms with Crippen LogP contribution in [0.2, 0.25) is 0 Å². The van der Waals surface area contributed by atoms with Crippen molar-refractivity contribution in [3.63, 3.8) is 0 Å². The second-order valence-corrected chi connectivity index (χ2v) is 6.21. The number of carbonyl (C=O) groups excluding carboxylic acids is 1. The van der Waals surface area contributed by atoms with Crippen LogP contribution in [0.25, 0.3) is 5.69 Å². The average molecular weight is 319 g/mol. The van der Waals surface area contributed by atoms with E-state index in [0.29, 0.717) is 31.5 Å². The zero-order valence-corrected chi connectivity index (χ0v) is 13.1. The highest BCUT2D eigenvalue weighted by Gasteiger charge is 2.25. The van der Waals surface area contributed by atoms with Crippen LogP contribution in [-0.2, 0) is 9.53 Å². The number of thioether (sulfide) groups is 1. The number of carbonyl (C=O) groups is 1. The fourth-order valence-electron chi connectivity index (χ4n) is 2.23. The molecule has 0 N–H and O–H groups in total. The highest BCUT2D eigenvalue weighted by atomic mass is 32.2. The summed E-state index contributed by atoms with van der Waals surface area (Å²) in [5, 5.41) is 12.1. The Kier molecular flexibility index (Phi) is 4.69. The predicted molar refractivity (Wildman–Crippen MR) is 81.9 cm³/mol. The lowest BCUT2D eigenvalue weighted by molar-refractivity contribution is -0.134. The highest BCUT2D eigenvalue weighted by Crippen LogP contribution is 2.24. The Morgan fingerprint density at radius 2 is 2.00 bits per heavy atom. The van der Waals surface area contributed by atoms with E-state index in [-0.39, 0.29) is 11.2 Å². The summed E-state index contributed by atoms with van der Waals surface area (Å²) in [6.07, 6.45) is 0. The molecule has 3 rings (SSSR count). The molecular weight excluding hydrogens is 302 g/mol. The number of nitrogens with zero attached hydrogens (tertiary/aromatic N) is 5. The summed E-state index contributed by atoms with van der Waals surface area (Å²) in [6, 6.07) is 9.64. The maximum absolute atomic E-state index is 12.4. The van der Waals surface area contributed by atoms with Gasteiger partial charge in [-0.2, -0.15) is 4.68 Å². The molecule has 1 aromatic carbocycles. The summed E-state index contributed by atoms with van der Waals surface area (Å²) >= 11 is 1.37. The van der Waals surface area contributed by atoms with E-state index >= 15 is 0 Å². The topological polar surface area (TPSA) is 73.1 Å². The standard InChI is InChI=1S/C14H17N5O2S/c1-11(13(20)18-7-9-21-10-8-18)22-14-15-16-17-19(14)12-5-3-2-4-6-12/h2-6,11H,7-10H2,1H3/t11-/m1/s1. The van der Waals surface area contributed by atoms with E-state index in [4.69, 9.17) is 4.74 Å². The minimum absolute atomic E-state index is 0.0934. The normalized spacial score (nSPS) is 16.5. The summed E-state index contributed by atoms with van der Waals surface area (Å²) in [5.41, 5.74) is 0.876. The van der Waals surface area contributed by atoms with Crippen molar-refractivity contribution in [3.8, 4) is 5.69 Å². The van der Waals surface area contributed by atoms with Gasteiger partial charge in [-0.1, -0.05) is 30.0 Å². The number of amides is 1. The molecule has 116 valence electrons. The maximum atomic E-state index is 12.4. The quantitative estimate of drug-likeness (QED) is 0.783. The summed E-state index contributed by atoms with van der Waals surface area (Å²) < 4.78 is 6.92. The number of ether oxygens (including phenoxy) is 1. The first kappa shape index (κ1) is 15.0. The van der Waals surface area contributed by atoms with E-state index in [1.54, 1.807) is 4.68 Å². The summed E-state index contributed by atoms with van der Waals surface area (Å²) in [7, 11) is 0. The lowest BCUT2D eigenvalue weighted by atomic mass is 10.3. The lowest BCUT2D eigenvalue weighted by Gasteiger charge is -2.28. The Balaban J connectivity index is 1.71. The molecule has 0 unspecified atom stereocenters. The Labute approximate surface area is 132 Å². The van der Waals surface area contributed by atoms with E-state index < -0.39 is 0 Å². The van der Waals surface area contributed by atoms with Crippen LogP contribution in [0.3, 0.4) is 0 Å². The van der Waals surface area contributed by atoms with Crippen molar-refractivity contribution in [3.05, 3.63) is 30.3 Å². The van der Waals surface area contributed by atoms with Crippen molar-refractivity contribution >= 4 is 17.7 Å². The number of hydrogen-bond donors (Lipinski definition) is 0. The van der Waals surface area contributed by atoms with Crippen LogP contribution in [0, 0.1) is 0 Å². The molecule has 0 bridgehead atoms. The number of aromatic nitrogens is 4. The molecule has 1 aliphatic heterocycles. The fraction of sp³-hybridized carbons (Fsp3) is 0.429. The number of morpholine rings is 1. The van der Waals surface area contributed by atoms with Gasteiger partial charge in [-0.3, -0.25) is 4.79 Å². The van der Waals surface area contributed by atoms with Crippen molar-refractivity contribution in [2.45, 2.75) is 17.3 Å². The Hall–Kier alpha value is -1.93. The van der Waals surface area contributed by atoms with Crippen molar-refractivity contribution < 1.29 is 9.53 Å². The fourth-order valence-corrected chi connectivity index (χ4v) is 3.12. The van der Waals surface area contributed by atoms with Gasteiger partial charge in [0, 0.05) is 13.1 Å². The SMILES string of the molecule is C[C@@H](Sc1nnnn1-c1ccccc1)C(=O)N1CCOCC1. The van der Waals surface area contributed by atoms with Gasteiger partial charge in [0.2, 0.25) is 11.1 Å². The minimum atomic E-state index is -0.244. The third kappa shape index (κ3) is 3.28. The first-order chi connectivity index (χ1) is 10.8. The van der Waals surface area contributed by atoms with Gasteiger partial charge in [0.25, 0.3) is 0 Å². The average Bonchev–Trinajstić information content (AvgIpc) is 3.04. The summed E-state index contributed by atoms with van der Waals surface area (Å²) in [5.74, 6) is 0.0934. The van der Waals surface area contributed by atoms with E-state index in [2.05, 4.69) is 15.5 Å². The number of para-hydroxylation sites is 1. The number of benzene rings is 1. The van der Waals surface area contributed by atoms with Crippen molar-refractivity contribution in [2.24, 2.45) is 0 Å². The van der Waals surface area contributed by atoms with Crippen LogP contribution in [0.1, 0.15) is 6.92 Å². The summed E-state index contributed by atoms with van der Waals surface area (Å²) in [4.78, 5) is 14.3. The first-order valence-electron chi connectivity index (χ1n) is 7.12. The molecule has 1 saturated heterocycles. The predicted octanol–water partition coefficient (Wildman–Crippen LogP) is 1.00. The van der Waals surface area contributed by atoms with Gasteiger partial charge in [-0.25, -0.2) is 0 Å². The number of tetrazole rings is 1. The highest BCUT2D eigenvalue weighted by molar-refractivity contribution is 8.00. The molecule has 1 amide bonds. The largest absolute Gasteiger partial charge is 0.378 e. The van der Waals surface area contributed by atoms with Crippen LogP contribution in [0.15, 0.2) is 35.5 Å². The molecule has 1 aromatic heterocycles. The van der Waals surface area contributed by atoms with E-state index in [1.807, 2.05) is 42.2 Å². The van der Waals surface area contributed by atoms with Crippen LogP contribution >= 0.6 is 11.8 Å². The molecule has 0 spiro atoms. The smallest absolute Gasteiger partial charge is 0.236 e. The minimum Gasteiger partial charge on any atom is -0.378 e. The third-order valence-corrected chi connectivity index (χ3v) is 4.41. The second kappa shape index (κ2) is 6.89. The van der Waals surface area contributed by atoms with Gasteiger partial charge in [0.1, 0.15) is 0 Å². The summed E-state index contributed by atoms with van der Waals surface area (Å²) in [6.45, 7) is 4.38. The molecule has 1 aliphatic rings. The molecule has 22 heavy (non-hydrogen) atoms. The molecule has 2 aromatic rings. The molecule has 0 radical (unpaired) electrons. The van der Waals surface area contributed by atoms with Crippen LogP contribution in [-0.4, -0.2) is 62.6 Å². The van der Waals surface area contributed by atoms with E-state index in [0.717, 1.165) is 5.69 Å². The van der Waals surface area contributed by atoms with Gasteiger partial charge in [0.05, 0.1) is 24.2 Å². The van der Waals surface area contributed by atoms with Crippen molar-refractivity contribution in [1.82, 2.24) is 25.1 Å². The second-order valence-electron chi connectivity index (χ2n) is 4.91. The molecule has 0 saturated carbocycles. The van der Waals surface area contributed by atoms with Crippen molar-refractivity contribution in [2.75, 3.05) is 26.3 Å². The Morgan fingerprint density at radius 3 is 2.73 bits per heavy atom. The third-order valence-electron chi connectivity index (χ3n) is 3.39. The van der Waals surface area contributed by atoms with Gasteiger partial charge >= 0.3 is 0 Å². The van der Waals surface area contributed by atoms with Crippen molar-refractivity contribution in [1.29, 1.82) is 0 Å². The van der Waals surface area contributed by atoms with Crippen LogP contribution < -0.4 is 0 Å². The number of hydrogen-bond acceptors (Lipinski definition) is 6. The Bertz CT molecular complexity index is 627. The van der Waals surface area contributed by atoms with Gasteiger partial charge < -0.3 is 9.64 Å². The van der Waals surface area contributed by atoms with Gasteiger partial charge in [-0.05, 0) is 29.5 Å². The van der Waals surface area contributed by atoms with Crippen LogP contribution in [0.4, 0.5) is 0 Å². The zero-order valence-electron chi connectivity index (χ0n) is 12.3. The molecule has 1 fully saturated rings. The molecular formula is C14H17N5O2S. The number of rotatable bonds is 4. The molecule has 8 heteroatoms. The first-order valence-corrected chi connectivity index (χ1v) is 8.00. The maximum Gasteiger partial charge on any atom is 0.236 e. The van der Waals surface area contributed by atoms with Gasteiger partial charge in [-0.15, -0.1) is 5.10 Å². The molecule has 1 atom stereocenters. The zero-order chi connectivity index (χ0) is 15.4. The van der Waals surface area contributed by atoms with Gasteiger partial charge in [0.15, 0.2) is 0 Å². The lowest BCUT2D eigenvalue weighted by Crippen LogP contribution is -2.44.